The molecule has 0 bridgehead atoms. The van der Waals surface area contributed by atoms with Gasteiger partial charge in [-0.3, -0.25) is 14.2 Å². The molecule has 0 fully saturated rings. The minimum absolute atomic E-state index is 0.0183. The molecule has 0 saturated carbocycles. The van der Waals surface area contributed by atoms with Crippen LogP contribution in [0.25, 0.3) is 10.9 Å². The molecule has 5 aromatic rings. The Morgan fingerprint density at radius 2 is 1.73 bits per heavy atom. The Hall–Kier alpha value is -4.75. The van der Waals surface area contributed by atoms with E-state index in [4.69, 9.17) is 25.8 Å². The lowest BCUT2D eigenvalue weighted by Crippen LogP contribution is -2.41. The van der Waals surface area contributed by atoms with Crippen molar-refractivity contribution in [3.63, 3.8) is 0 Å². The zero-order valence-corrected chi connectivity index (χ0v) is 25.6. The Labute approximate surface area is 261 Å². The van der Waals surface area contributed by atoms with E-state index in [1.165, 1.54) is 0 Å². The Morgan fingerprint density at radius 3 is 2.52 bits per heavy atom. The van der Waals surface area contributed by atoms with E-state index in [1.54, 1.807) is 22.8 Å². The summed E-state index contributed by atoms with van der Waals surface area (Å²) in [4.78, 5) is 29.0. The number of carbonyl (C=O) groups excluding carboxylic acids is 2. The van der Waals surface area contributed by atoms with Gasteiger partial charge in [-0.25, -0.2) is 0 Å². The SMILES string of the molecule is Cc1cc(C(=O)n2c(C)c(CC(=O)OCc3ccccc3)c3cc(Cl)ccc32)ccc1OC[C@@H]1CN(C)c2ccccc2O1. The lowest BCUT2D eigenvalue weighted by atomic mass is 10.1. The minimum Gasteiger partial charge on any atom is -0.489 e. The Bertz CT molecular complexity index is 1850. The average Bonchev–Trinajstić information content (AvgIpc) is 3.29. The van der Waals surface area contributed by atoms with Crippen LogP contribution in [-0.4, -0.2) is 42.7 Å². The van der Waals surface area contributed by atoms with Crippen LogP contribution in [0, 0.1) is 13.8 Å². The maximum atomic E-state index is 13.9. The van der Waals surface area contributed by atoms with E-state index in [-0.39, 0.29) is 31.0 Å². The summed E-state index contributed by atoms with van der Waals surface area (Å²) in [6, 6.07) is 28.2. The molecule has 0 N–H and O–H groups in total. The molecular formula is C36H33ClN2O5. The zero-order valence-electron chi connectivity index (χ0n) is 24.9. The van der Waals surface area contributed by atoms with Crippen LogP contribution in [-0.2, 0) is 22.6 Å². The normalized spacial score (nSPS) is 14.2. The fourth-order valence-corrected chi connectivity index (χ4v) is 5.88. The third kappa shape index (κ3) is 6.01. The molecule has 6 rings (SSSR count). The predicted molar refractivity (Wildman–Crippen MR) is 172 cm³/mol. The van der Waals surface area contributed by atoms with E-state index in [2.05, 4.69) is 4.90 Å². The summed E-state index contributed by atoms with van der Waals surface area (Å²) in [7, 11) is 2.04. The number of anilines is 1. The molecule has 44 heavy (non-hydrogen) atoms. The first-order valence-corrected chi connectivity index (χ1v) is 14.9. The third-order valence-corrected chi connectivity index (χ3v) is 8.19. The van der Waals surface area contributed by atoms with Gasteiger partial charge in [-0.2, -0.15) is 0 Å². The van der Waals surface area contributed by atoms with Gasteiger partial charge in [0.1, 0.15) is 30.8 Å². The van der Waals surface area contributed by atoms with Crippen molar-refractivity contribution in [2.75, 3.05) is 25.1 Å². The van der Waals surface area contributed by atoms with Crippen LogP contribution in [0.2, 0.25) is 5.02 Å². The second-order valence-electron chi connectivity index (χ2n) is 11.1. The highest BCUT2D eigenvalue weighted by atomic mass is 35.5. The molecule has 1 aliphatic heterocycles. The molecule has 8 heteroatoms. The van der Waals surface area contributed by atoms with Crippen molar-refractivity contribution in [1.82, 2.24) is 4.57 Å². The molecule has 1 aromatic heterocycles. The quantitative estimate of drug-likeness (QED) is 0.174. The first kappa shape index (κ1) is 29.3. The molecule has 0 radical (unpaired) electrons. The first-order valence-electron chi connectivity index (χ1n) is 14.5. The van der Waals surface area contributed by atoms with E-state index in [1.807, 2.05) is 93.7 Å². The molecule has 224 valence electrons. The number of aryl methyl sites for hydroxylation is 1. The summed E-state index contributed by atoms with van der Waals surface area (Å²) in [6.45, 7) is 5.03. The summed E-state index contributed by atoms with van der Waals surface area (Å²) in [5.74, 6) is 0.945. The van der Waals surface area contributed by atoms with Crippen molar-refractivity contribution in [3.8, 4) is 11.5 Å². The number of rotatable bonds is 8. The van der Waals surface area contributed by atoms with Gasteiger partial charge < -0.3 is 19.1 Å². The topological polar surface area (TPSA) is 70.0 Å². The number of fused-ring (bicyclic) bond motifs is 2. The number of esters is 1. The largest absolute Gasteiger partial charge is 0.489 e. The maximum Gasteiger partial charge on any atom is 0.310 e. The Balaban J connectivity index is 1.19. The number of hydrogen-bond acceptors (Lipinski definition) is 6. The number of para-hydroxylation sites is 2. The van der Waals surface area contributed by atoms with Gasteiger partial charge in [0.2, 0.25) is 0 Å². The fraction of sp³-hybridized carbons (Fsp3) is 0.222. The zero-order chi connectivity index (χ0) is 30.8. The van der Waals surface area contributed by atoms with Crippen molar-refractivity contribution in [3.05, 3.63) is 124 Å². The van der Waals surface area contributed by atoms with Crippen LogP contribution >= 0.6 is 11.6 Å². The molecule has 4 aromatic carbocycles. The van der Waals surface area contributed by atoms with Crippen LogP contribution in [0.1, 0.15) is 32.7 Å². The van der Waals surface area contributed by atoms with E-state index < -0.39 is 0 Å². The first-order chi connectivity index (χ1) is 21.3. The van der Waals surface area contributed by atoms with Gasteiger partial charge in [-0.15, -0.1) is 0 Å². The van der Waals surface area contributed by atoms with Crippen LogP contribution in [0.15, 0.2) is 91.0 Å². The molecular weight excluding hydrogens is 576 g/mol. The average molecular weight is 609 g/mol. The molecule has 2 heterocycles. The molecule has 0 saturated heterocycles. The predicted octanol–water partition coefficient (Wildman–Crippen LogP) is 7.16. The highest BCUT2D eigenvalue weighted by molar-refractivity contribution is 6.31. The summed E-state index contributed by atoms with van der Waals surface area (Å²) >= 11 is 6.35. The number of benzene rings is 4. The van der Waals surface area contributed by atoms with Gasteiger partial charge >= 0.3 is 5.97 Å². The molecule has 7 nitrogen and oxygen atoms in total. The monoisotopic (exact) mass is 608 g/mol. The second kappa shape index (κ2) is 12.5. The van der Waals surface area contributed by atoms with E-state index >= 15 is 0 Å². The number of likely N-dealkylation sites (N-methyl/N-ethyl adjacent to an activating group) is 1. The second-order valence-corrected chi connectivity index (χ2v) is 11.5. The van der Waals surface area contributed by atoms with Gasteiger partial charge in [-0.1, -0.05) is 54.1 Å². The Morgan fingerprint density at radius 1 is 0.955 bits per heavy atom. The summed E-state index contributed by atoms with van der Waals surface area (Å²) in [5.41, 5.74) is 5.37. The van der Waals surface area contributed by atoms with Crippen LogP contribution in [0.3, 0.4) is 0 Å². The molecule has 0 unspecified atom stereocenters. The van der Waals surface area contributed by atoms with Crippen molar-refractivity contribution < 1.29 is 23.8 Å². The van der Waals surface area contributed by atoms with Crippen molar-refractivity contribution >= 4 is 40.1 Å². The number of ether oxygens (including phenoxy) is 3. The molecule has 0 amide bonds. The van der Waals surface area contributed by atoms with E-state index in [0.717, 1.165) is 28.0 Å². The van der Waals surface area contributed by atoms with Crippen molar-refractivity contribution in [2.24, 2.45) is 0 Å². The number of hydrogen-bond donors (Lipinski definition) is 0. The van der Waals surface area contributed by atoms with Gasteiger partial charge in [0, 0.05) is 28.7 Å². The molecule has 1 atom stereocenters. The summed E-state index contributed by atoms with van der Waals surface area (Å²) in [5, 5.41) is 1.27. The van der Waals surface area contributed by atoms with Crippen molar-refractivity contribution in [2.45, 2.75) is 33.0 Å². The van der Waals surface area contributed by atoms with Crippen molar-refractivity contribution in [1.29, 1.82) is 0 Å². The van der Waals surface area contributed by atoms with Gasteiger partial charge in [0.25, 0.3) is 5.91 Å². The minimum atomic E-state index is -0.377. The highest BCUT2D eigenvalue weighted by Gasteiger charge is 2.25. The van der Waals surface area contributed by atoms with Gasteiger partial charge in [0.15, 0.2) is 0 Å². The molecule has 0 aliphatic carbocycles. The Kier molecular flexibility index (Phi) is 8.31. The lowest BCUT2D eigenvalue weighted by molar-refractivity contribution is -0.144. The van der Waals surface area contributed by atoms with E-state index in [9.17, 15) is 9.59 Å². The third-order valence-electron chi connectivity index (χ3n) is 7.96. The molecule has 0 spiro atoms. The standard InChI is InChI=1S/C36H33ClN2O5/c1-23-17-26(13-16-33(23)42-22-28-20-38(3)32-11-7-8-12-34(32)44-28)36(41)39-24(2)29(30-18-27(37)14-15-31(30)39)19-35(40)43-21-25-9-5-4-6-10-25/h4-18,28H,19-22H2,1-3H3/t28-/m0/s1. The highest BCUT2D eigenvalue weighted by Crippen LogP contribution is 2.33. The number of nitrogens with zero attached hydrogens (tertiary/aromatic N) is 2. The summed E-state index contributed by atoms with van der Waals surface area (Å²) in [6.07, 6.45) is -0.112. The fourth-order valence-electron chi connectivity index (χ4n) is 5.71. The molecule has 1 aliphatic rings. The summed E-state index contributed by atoms with van der Waals surface area (Å²) < 4.78 is 19.5. The van der Waals surface area contributed by atoms with Gasteiger partial charge in [0.05, 0.1) is 24.2 Å². The maximum absolute atomic E-state index is 13.9. The van der Waals surface area contributed by atoms with Gasteiger partial charge in [-0.05, 0) is 79.1 Å². The van der Waals surface area contributed by atoms with Crippen LogP contribution in [0.5, 0.6) is 11.5 Å². The number of carbonyl (C=O) groups is 2. The van der Waals surface area contributed by atoms with E-state index in [0.29, 0.717) is 46.3 Å². The smallest absolute Gasteiger partial charge is 0.310 e. The lowest BCUT2D eigenvalue weighted by Gasteiger charge is -2.33. The van der Waals surface area contributed by atoms with Crippen LogP contribution in [0.4, 0.5) is 5.69 Å². The van der Waals surface area contributed by atoms with Crippen LogP contribution < -0.4 is 14.4 Å². The number of halogens is 1. The number of aromatic nitrogens is 1.